The lowest BCUT2D eigenvalue weighted by Crippen LogP contribution is -2.63. The third-order valence-corrected chi connectivity index (χ3v) is 6.93. The highest BCUT2D eigenvalue weighted by Crippen LogP contribution is 2.63. The Balaban J connectivity index is 1.81. The van der Waals surface area contributed by atoms with Crippen LogP contribution in [0.5, 0.6) is 5.75 Å². The molecule has 4 heteroatoms. The maximum Gasteiger partial charge on any atom is 0.210 e. The summed E-state index contributed by atoms with van der Waals surface area (Å²) in [4.78, 5) is 14.8. The van der Waals surface area contributed by atoms with Crippen molar-refractivity contribution in [1.29, 1.82) is 0 Å². The molecule has 4 atom stereocenters. The van der Waals surface area contributed by atoms with Gasteiger partial charge in [-0.3, -0.25) is 4.79 Å². The fraction of sp³-hybridized carbons (Fsp3) is 0.316. The zero-order valence-electron chi connectivity index (χ0n) is 12.8. The molecule has 3 aliphatic heterocycles. The van der Waals surface area contributed by atoms with Gasteiger partial charge in [0.1, 0.15) is 5.75 Å². The number of likely N-dealkylation sites (tertiary alicyclic amines) is 1. The summed E-state index contributed by atoms with van der Waals surface area (Å²) in [5.41, 5.74) is 2.05. The van der Waals surface area contributed by atoms with Crippen LogP contribution >= 0.6 is 11.8 Å². The van der Waals surface area contributed by atoms with Crippen molar-refractivity contribution < 1.29 is 9.53 Å². The average Bonchev–Trinajstić information content (AvgIpc) is 2.96. The van der Waals surface area contributed by atoms with Crippen LogP contribution < -0.4 is 4.74 Å². The first-order valence-electron chi connectivity index (χ1n) is 8.01. The molecule has 5 rings (SSSR count). The van der Waals surface area contributed by atoms with Gasteiger partial charge in [-0.2, -0.15) is 0 Å². The van der Waals surface area contributed by atoms with E-state index < -0.39 is 5.60 Å². The Bertz CT molecular complexity index is 807. The van der Waals surface area contributed by atoms with Gasteiger partial charge in [-0.25, -0.2) is 0 Å². The van der Waals surface area contributed by atoms with Gasteiger partial charge in [0, 0.05) is 33.7 Å². The summed E-state index contributed by atoms with van der Waals surface area (Å²) in [5, 5.41) is 0.329. The van der Waals surface area contributed by atoms with Crippen LogP contribution in [0.2, 0.25) is 0 Å². The van der Waals surface area contributed by atoms with E-state index in [9.17, 15) is 4.79 Å². The predicted octanol–water partition coefficient (Wildman–Crippen LogP) is 3.39. The minimum atomic E-state index is -0.463. The van der Waals surface area contributed by atoms with Crippen molar-refractivity contribution in [2.45, 2.75) is 34.6 Å². The van der Waals surface area contributed by atoms with Gasteiger partial charge in [-0.1, -0.05) is 36.4 Å². The lowest BCUT2D eigenvalue weighted by Gasteiger charge is -2.54. The molecule has 0 spiro atoms. The normalized spacial score (nSPS) is 33.3. The molecule has 0 aromatic heterocycles. The maximum atomic E-state index is 11.6. The largest absolute Gasteiger partial charge is 0.479 e. The number of hydrogen-bond donors (Lipinski definition) is 0. The summed E-state index contributed by atoms with van der Waals surface area (Å²) in [6, 6.07) is 16.9. The van der Waals surface area contributed by atoms with Crippen LogP contribution in [0.25, 0.3) is 0 Å². The Hall–Kier alpha value is -1.94. The molecule has 0 N–H and O–H groups in total. The summed E-state index contributed by atoms with van der Waals surface area (Å²) >= 11 is 1.89. The standard InChI is InChI=1S/C19H17NO2S/c1-12-19-14-7-3-5-9-16(14)23-17(10-20(12)11-21)18(19)13-6-2-4-8-15(13)22-19/h2-9,11-12,17-18H,10H2,1H3/t12-,17+,18+,19-/m1/s1. The Kier molecular flexibility index (Phi) is 2.66. The van der Waals surface area contributed by atoms with Crippen molar-refractivity contribution in [3.63, 3.8) is 0 Å². The number of benzene rings is 2. The molecule has 1 amide bonds. The molecule has 0 saturated carbocycles. The highest BCUT2D eigenvalue weighted by Gasteiger charge is 2.63. The summed E-state index contributed by atoms with van der Waals surface area (Å²) < 4.78 is 6.63. The number of carbonyl (C=O) groups excluding carboxylic acids is 1. The molecule has 116 valence electrons. The van der Waals surface area contributed by atoms with Gasteiger partial charge < -0.3 is 9.64 Å². The van der Waals surface area contributed by atoms with E-state index in [1.165, 1.54) is 16.0 Å². The fourth-order valence-corrected chi connectivity index (χ4v) is 6.16. The lowest BCUT2D eigenvalue weighted by molar-refractivity contribution is -0.130. The van der Waals surface area contributed by atoms with E-state index in [1.54, 1.807) is 0 Å². The van der Waals surface area contributed by atoms with Crippen LogP contribution in [0.1, 0.15) is 24.0 Å². The summed E-state index contributed by atoms with van der Waals surface area (Å²) in [5.74, 6) is 1.27. The number of carbonyl (C=O) groups is 1. The van der Waals surface area contributed by atoms with Crippen molar-refractivity contribution in [2.75, 3.05) is 6.54 Å². The van der Waals surface area contributed by atoms with Gasteiger partial charge in [0.25, 0.3) is 0 Å². The molecule has 2 aromatic carbocycles. The van der Waals surface area contributed by atoms with Gasteiger partial charge >= 0.3 is 0 Å². The molecule has 2 bridgehead atoms. The Labute approximate surface area is 139 Å². The van der Waals surface area contributed by atoms with E-state index in [4.69, 9.17) is 4.74 Å². The zero-order valence-corrected chi connectivity index (χ0v) is 13.6. The molecule has 0 unspecified atom stereocenters. The first-order valence-corrected chi connectivity index (χ1v) is 8.89. The van der Waals surface area contributed by atoms with Crippen molar-refractivity contribution in [3.8, 4) is 5.75 Å². The van der Waals surface area contributed by atoms with E-state index in [-0.39, 0.29) is 6.04 Å². The van der Waals surface area contributed by atoms with Crippen LogP contribution in [0, 0.1) is 0 Å². The van der Waals surface area contributed by atoms with Crippen LogP contribution in [-0.4, -0.2) is 29.1 Å². The first kappa shape index (κ1) is 13.5. The zero-order chi connectivity index (χ0) is 15.6. The second-order valence-corrected chi connectivity index (χ2v) is 7.82. The molecule has 23 heavy (non-hydrogen) atoms. The van der Waals surface area contributed by atoms with Crippen LogP contribution in [0.4, 0.5) is 0 Å². The highest BCUT2D eigenvalue weighted by atomic mass is 32.2. The number of piperidine rings is 1. The number of nitrogens with zero attached hydrogens (tertiary/aromatic N) is 1. The first-order chi connectivity index (χ1) is 11.3. The maximum absolute atomic E-state index is 11.6. The molecule has 1 saturated heterocycles. The third-order valence-electron chi connectivity index (χ3n) is 5.60. The monoisotopic (exact) mass is 323 g/mol. The van der Waals surface area contributed by atoms with Gasteiger partial charge in [0.15, 0.2) is 5.60 Å². The summed E-state index contributed by atoms with van der Waals surface area (Å²) in [6.07, 6.45) is 0.983. The lowest BCUT2D eigenvalue weighted by atomic mass is 9.69. The van der Waals surface area contributed by atoms with E-state index in [2.05, 4.69) is 49.4 Å². The molecular formula is C19H17NO2S. The minimum Gasteiger partial charge on any atom is -0.479 e. The van der Waals surface area contributed by atoms with Crippen LogP contribution in [-0.2, 0) is 10.4 Å². The van der Waals surface area contributed by atoms with E-state index in [1.807, 2.05) is 22.7 Å². The number of fused-ring (bicyclic) bond motifs is 2. The van der Waals surface area contributed by atoms with E-state index >= 15 is 0 Å². The SMILES string of the molecule is C[C@H]1N(C=O)C[C@@H]2Sc3ccccc3[C@]13Oc1ccccc1[C@@H]23. The van der Waals surface area contributed by atoms with Crippen molar-refractivity contribution in [2.24, 2.45) is 0 Å². The van der Waals surface area contributed by atoms with Gasteiger partial charge in [-0.05, 0) is 19.1 Å². The number of rotatable bonds is 1. The minimum absolute atomic E-state index is 0.00991. The van der Waals surface area contributed by atoms with Gasteiger partial charge in [-0.15, -0.1) is 11.8 Å². The van der Waals surface area contributed by atoms with Crippen molar-refractivity contribution in [1.82, 2.24) is 4.90 Å². The molecule has 0 aliphatic carbocycles. The van der Waals surface area contributed by atoms with E-state index in [0.29, 0.717) is 11.2 Å². The van der Waals surface area contributed by atoms with Crippen molar-refractivity contribution >= 4 is 18.2 Å². The van der Waals surface area contributed by atoms with Crippen molar-refractivity contribution in [3.05, 3.63) is 59.7 Å². The molecule has 3 aliphatic rings. The third kappa shape index (κ3) is 1.55. The van der Waals surface area contributed by atoms with Gasteiger partial charge in [0.2, 0.25) is 6.41 Å². The molecule has 3 heterocycles. The number of amides is 1. The molecule has 2 aromatic rings. The molecule has 1 fully saturated rings. The Morgan fingerprint density at radius 1 is 1.22 bits per heavy atom. The predicted molar refractivity (Wildman–Crippen MR) is 89.8 cm³/mol. The average molecular weight is 323 g/mol. The number of para-hydroxylation sites is 1. The Morgan fingerprint density at radius 2 is 2.00 bits per heavy atom. The molecule has 3 nitrogen and oxygen atoms in total. The fourth-order valence-electron chi connectivity index (χ4n) is 4.59. The van der Waals surface area contributed by atoms with Crippen LogP contribution in [0.3, 0.4) is 0 Å². The number of hydrogen-bond acceptors (Lipinski definition) is 3. The smallest absolute Gasteiger partial charge is 0.210 e. The Morgan fingerprint density at radius 3 is 2.87 bits per heavy atom. The second-order valence-electron chi connectivity index (χ2n) is 6.54. The topological polar surface area (TPSA) is 29.5 Å². The summed E-state index contributed by atoms with van der Waals surface area (Å²) in [6.45, 7) is 2.89. The van der Waals surface area contributed by atoms with Gasteiger partial charge in [0.05, 0.1) is 6.04 Å². The quantitative estimate of drug-likeness (QED) is 0.754. The number of ether oxygens (including phenoxy) is 1. The van der Waals surface area contributed by atoms with E-state index in [0.717, 1.165) is 18.7 Å². The number of thioether (sulfide) groups is 1. The summed E-state index contributed by atoms with van der Waals surface area (Å²) in [7, 11) is 0. The second kappa shape index (κ2) is 4.54. The molecule has 0 radical (unpaired) electrons. The molecular weight excluding hydrogens is 306 g/mol. The highest BCUT2D eigenvalue weighted by molar-refractivity contribution is 8.00. The van der Waals surface area contributed by atoms with Crippen LogP contribution in [0.15, 0.2) is 53.4 Å².